The molecule has 4 rings (SSSR count). The maximum absolute atomic E-state index is 10.1. The predicted molar refractivity (Wildman–Crippen MR) is 85.5 cm³/mol. The van der Waals surface area contributed by atoms with Crippen LogP contribution in [0.15, 0.2) is 24.3 Å². The summed E-state index contributed by atoms with van der Waals surface area (Å²) in [5.41, 5.74) is 7.57. The summed E-state index contributed by atoms with van der Waals surface area (Å²) in [6, 6.07) is -0.269. The number of fused-ring (bicyclic) bond motifs is 2. The van der Waals surface area contributed by atoms with Crippen LogP contribution in [-0.4, -0.2) is 48.7 Å². The van der Waals surface area contributed by atoms with Crippen molar-refractivity contribution in [3.8, 4) is 12.3 Å². The van der Waals surface area contributed by atoms with Gasteiger partial charge < -0.3 is 24.9 Å². The van der Waals surface area contributed by atoms with Gasteiger partial charge in [0.25, 0.3) is 0 Å². The van der Waals surface area contributed by atoms with Gasteiger partial charge in [-0.15, -0.1) is 6.42 Å². The summed E-state index contributed by atoms with van der Waals surface area (Å²) in [4.78, 5) is 12.5. The van der Waals surface area contributed by atoms with Gasteiger partial charge in [-0.1, -0.05) is 12.0 Å². The van der Waals surface area contributed by atoms with Crippen molar-refractivity contribution < 1.29 is 14.6 Å². The van der Waals surface area contributed by atoms with Gasteiger partial charge in [-0.25, -0.2) is 15.0 Å². The quantitative estimate of drug-likeness (QED) is 0.607. The first kappa shape index (κ1) is 15.1. The van der Waals surface area contributed by atoms with Crippen LogP contribution in [0.3, 0.4) is 0 Å². The van der Waals surface area contributed by atoms with E-state index in [2.05, 4.69) is 20.9 Å². The van der Waals surface area contributed by atoms with Crippen LogP contribution in [0, 0.1) is 12.3 Å². The molecule has 1 aliphatic heterocycles. The molecule has 8 nitrogen and oxygen atoms in total. The average molecular weight is 327 g/mol. The maximum atomic E-state index is 10.1. The van der Waals surface area contributed by atoms with Crippen LogP contribution >= 0.6 is 0 Å². The topological polar surface area (TPSA) is 108 Å². The molecule has 0 unspecified atom stereocenters. The number of nitrogens with zero attached hydrogens (tertiary/aromatic N) is 4. The Kier molecular flexibility index (Phi) is 3.15. The smallest absolute Gasteiger partial charge is 0.166 e. The van der Waals surface area contributed by atoms with Gasteiger partial charge in [0.05, 0.1) is 12.4 Å². The van der Waals surface area contributed by atoms with Gasteiger partial charge in [0.1, 0.15) is 30.2 Å². The molecule has 2 aromatic heterocycles. The van der Waals surface area contributed by atoms with Gasteiger partial charge >= 0.3 is 0 Å². The second-order valence-electron chi connectivity index (χ2n) is 6.33. The fraction of sp³-hybridized carbons (Fsp3) is 0.438. The maximum Gasteiger partial charge on any atom is 0.166 e. The lowest BCUT2D eigenvalue weighted by Gasteiger charge is -2.21. The van der Waals surface area contributed by atoms with Crippen LogP contribution in [0.4, 0.5) is 5.82 Å². The summed E-state index contributed by atoms with van der Waals surface area (Å²) in [5.74, 6) is 1.88. The van der Waals surface area contributed by atoms with E-state index in [1.165, 1.54) is 6.33 Å². The van der Waals surface area contributed by atoms with Crippen LogP contribution in [0.25, 0.3) is 11.2 Å². The summed E-state index contributed by atoms with van der Waals surface area (Å²) in [7, 11) is 0. The predicted octanol–water partition coefficient (Wildman–Crippen LogP) is 0.404. The first-order valence-corrected chi connectivity index (χ1v) is 7.56. The van der Waals surface area contributed by atoms with Crippen molar-refractivity contribution in [1.82, 2.24) is 19.5 Å². The van der Waals surface area contributed by atoms with Crippen molar-refractivity contribution in [3.05, 3.63) is 24.3 Å². The number of aliphatic hydroxyl groups excluding tert-OH is 1. The zero-order valence-electron chi connectivity index (χ0n) is 13.2. The first-order chi connectivity index (χ1) is 11.4. The van der Waals surface area contributed by atoms with E-state index in [9.17, 15) is 5.11 Å². The van der Waals surface area contributed by atoms with E-state index < -0.39 is 18.0 Å². The monoisotopic (exact) mass is 327 g/mol. The Morgan fingerprint density at radius 3 is 2.92 bits per heavy atom. The van der Waals surface area contributed by atoms with Crippen LogP contribution in [0.5, 0.6) is 0 Å². The molecule has 0 spiro atoms. The van der Waals surface area contributed by atoms with Crippen LogP contribution < -0.4 is 5.73 Å². The highest BCUT2D eigenvalue weighted by atomic mass is 16.8. The number of aromatic nitrogens is 4. The highest BCUT2D eigenvalue weighted by Gasteiger charge is 2.52. The second-order valence-corrected chi connectivity index (χ2v) is 6.33. The van der Waals surface area contributed by atoms with E-state index in [1.807, 2.05) is 24.5 Å². The molecule has 3 N–H and O–H groups in total. The van der Waals surface area contributed by atoms with E-state index in [0.717, 1.165) is 0 Å². The molecule has 0 aromatic carbocycles. The van der Waals surface area contributed by atoms with Gasteiger partial charge in [-0.3, -0.25) is 0 Å². The Hall–Kier alpha value is -2.47. The molecule has 4 atom stereocenters. The summed E-state index contributed by atoms with van der Waals surface area (Å²) in [6.07, 6.45) is 8.46. The lowest BCUT2D eigenvalue weighted by atomic mass is 10.1. The minimum Gasteiger partial charge on any atom is -0.382 e. The summed E-state index contributed by atoms with van der Waals surface area (Å²) in [5, 5.41) is 10.1. The fourth-order valence-electron chi connectivity index (χ4n) is 3.35. The molecule has 0 saturated carbocycles. The standard InChI is InChI=1S/C16H17N5O3/c1-4-10(22)8-5-9(13-12(8)23-16(2,3)24-13)21-7-20-11-14(17)18-6-19-15(11)21/h1,5-7,9-10,12-13,22H,2-3H3,(H2,17,18,19)/t9-,10-,12-,13+/m1/s1. The molecule has 0 amide bonds. The van der Waals surface area contributed by atoms with E-state index >= 15 is 0 Å². The Morgan fingerprint density at radius 1 is 1.38 bits per heavy atom. The number of rotatable bonds is 2. The molecule has 2 aromatic rings. The van der Waals surface area contributed by atoms with E-state index in [4.69, 9.17) is 21.6 Å². The van der Waals surface area contributed by atoms with E-state index in [0.29, 0.717) is 22.6 Å². The van der Waals surface area contributed by atoms with Gasteiger partial charge in [0.2, 0.25) is 0 Å². The van der Waals surface area contributed by atoms with Crippen molar-refractivity contribution in [2.75, 3.05) is 5.73 Å². The van der Waals surface area contributed by atoms with Gasteiger partial charge in [-0.05, 0) is 19.4 Å². The largest absolute Gasteiger partial charge is 0.382 e. The fourth-order valence-corrected chi connectivity index (χ4v) is 3.35. The number of nitrogens with two attached hydrogens (primary N) is 1. The zero-order valence-corrected chi connectivity index (χ0v) is 13.2. The van der Waals surface area contributed by atoms with Crippen LogP contribution in [0.2, 0.25) is 0 Å². The Labute approximate surface area is 138 Å². The number of hydrogen-bond acceptors (Lipinski definition) is 7. The number of imidazole rings is 1. The molecule has 1 fully saturated rings. The van der Waals surface area contributed by atoms with Crippen LogP contribution in [-0.2, 0) is 9.47 Å². The third-order valence-electron chi connectivity index (χ3n) is 4.34. The third kappa shape index (κ3) is 2.10. The van der Waals surface area contributed by atoms with E-state index in [1.54, 1.807) is 6.33 Å². The second kappa shape index (κ2) is 5.01. The molecular weight excluding hydrogens is 310 g/mol. The average Bonchev–Trinajstić information content (AvgIpc) is 3.18. The highest BCUT2D eigenvalue weighted by molar-refractivity contribution is 5.81. The Balaban J connectivity index is 1.83. The normalized spacial score (nSPS) is 29.2. The molecule has 1 saturated heterocycles. The summed E-state index contributed by atoms with van der Waals surface area (Å²) < 4.78 is 13.8. The van der Waals surface area contributed by atoms with Crippen molar-refractivity contribution in [2.45, 2.75) is 44.0 Å². The molecule has 0 radical (unpaired) electrons. The van der Waals surface area contributed by atoms with Gasteiger partial charge in [0.15, 0.2) is 17.3 Å². The van der Waals surface area contributed by atoms with Crippen molar-refractivity contribution >= 4 is 17.0 Å². The minimum atomic E-state index is -1.03. The zero-order chi connectivity index (χ0) is 17.1. The highest BCUT2D eigenvalue weighted by Crippen LogP contribution is 2.44. The lowest BCUT2D eigenvalue weighted by Crippen LogP contribution is -2.29. The molecule has 124 valence electrons. The Morgan fingerprint density at radius 2 is 2.17 bits per heavy atom. The number of terminal acetylenes is 1. The Bertz CT molecular complexity index is 881. The van der Waals surface area contributed by atoms with Gasteiger partial charge in [0, 0.05) is 0 Å². The molecule has 8 heteroatoms. The SMILES string of the molecule is C#C[C@@H](O)C1=C[C@@H](n2cnc3c(N)ncnc32)[C@@H]2OC(C)(C)O[C@H]12. The van der Waals surface area contributed by atoms with Crippen molar-refractivity contribution in [3.63, 3.8) is 0 Å². The first-order valence-electron chi connectivity index (χ1n) is 7.56. The number of hydrogen-bond donors (Lipinski definition) is 2. The summed E-state index contributed by atoms with van der Waals surface area (Å²) in [6.45, 7) is 3.66. The molecule has 2 aliphatic rings. The van der Waals surface area contributed by atoms with Crippen molar-refractivity contribution in [1.29, 1.82) is 0 Å². The number of ether oxygens (including phenoxy) is 2. The lowest BCUT2D eigenvalue weighted by molar-refractivity contribution is -0.148. The molecule has 0 bridgehead atoms. The minimum absolute atomic E-state index is 0.269. The van der Waals surface area contributed by atoms with Crippen molar-refractivity contribution in [2.24, 2.45) is 0 Å². The van der Waals surface area contributed by atoms with Gasteiger partial charge in [-0.2, -0.15) is 0 Å². The third-order valence-corrected chi connectivity index (χ3v) is 4.34. The summed E-state index contributed by atoms with van der Waals surface area (Å²) >= 11 is 0. The number of nitrogen functional groups attached to an aromatic ring is 1. The molecular formula is C16H17N5O3. The number of aliphatic hydroxyl groups is 1. The molecule has 3 heterocycles. The van der Waals surface area contributed by atoms with Crippen LogP contribution in [0.1, 0.15) is 19.9 Å². The molecule has 1 aliphatic carbocycles. The molecule has 24 heavy (non-hydrogen) atoms. The number of anilines is 1. The van der Waals surface area contributed by atoms with E-state index in [-0.39, 0.29) is 12.1 Å².